The van der Waals surface area contributed by atoms with Gasteiger partial charge >= 0.3 is 5.97 Å². The molecule has 0 amide bonds. The van der Waals surface area contributed by atoms with E-state index in [0.717, 1.165) is 5.56 Å². The van der Waals surface area contributed by atoms with E-state index < -0.39 is 5.97 Å². The Bertz CT molecular complexity index is 465. The Morgan fingerprint density at radius 3 is 2.74 bits per heavy atom. The second-order valence-corrected chi connectivity index (χ2v) is 3.50. The monoisotopic (exact) mass is 264 g/mol. The number of methoxy groups -OCH3 is 1. The van der Waals surface area contributed by atoms with Gasteiger partial charge in [0.25, 0.3) is 0 Å². The van der Waals surface area contributed by atoms with Crippen LogP contribution < -0.4 is 9.47 Å². The molecule has 19 heavy (non-hydrogen) atoms. The number of aldehydes is 1. The maximum absolute atomic E-state index is 11.2. The number of esters is 1. The highest BCUT2D eigenvalue weighted by atomic mass is 16.6. The fraction of sp³-hybridized carbons (Fsp3) is 0.286. The zero-order chi connectivity index (χ0) is 14.1. The van der Waals surface area contributed by atoms with Crippen molar-refractivity contribution in [3.63, 3.8) is 0 Å². The summed E-state index contributed by atoms with van der Waals surface area (Å²) in [6, 6.07) is 5.13. The third kappa shape index (κ3) is 4.83. The first-order valence-electron chi connectivity index (χ1n) is 5.79. The van der Waals surface area contributed by atoms with Gasteiger partial charge in [-0.05, 0) is 30.7 Å². The second-order valence-electron chi connectivity index (χ2n) is 3.50. The van der Waals surface area contributed by atoms with E-state index in [1.807, 2.05) is 0 Å². The molecule has 5 heteroatoms. The van der Waals surface area contributed by atoms with E-state index in [2.05, 4.69) is 0 Å². The summed E-state index contributed by atoms with van der Waals surface area (Å²) in [4.78, 5) is 21.4. The van der Waals surface area contributed by atoms with Gasteiger partial charge in [-0.15, -0.1) is 0 Å². The molecule has 0 bridgehead atoms. The number of benzene rings is 1. The van der Waals surface area contributed by atoms with Gasteiger partial charge in [0, 0.05) is 0 Å². The Hall–Kier alpha value is -2.30. The molecule has 0 radical (unpaired) electrons. The molecule has 0 saturated heterocycles. The van der Waals surface area contributed by atoms with E-state index in [-0.39, 0.29) is 6.61 Å². The molecule has 0 saturated carbocycles. The van der Waals surface area contributed by atoms with Gasteiger partial charge in [-0.2, -0.15) is 0 Å². The number of ether oxygens (including phenoxy) is 3. The molecule has 0 aliphatic carbocycles. The lowest BCUT2D eigenvalue weighted by Gasteiger charge is -2.10. The van der Waals surface area contributed by atoms with Crippen LogP contribution in [0.15, 0.2) is 24.3 Å². The number of hydrogen-bond donors (Lipinski definition) is 0. The average molecular weight is 264 g/mol. The van der Waals surface area contributed by atoms with Gasteiger partial charge < -0.3 is 14.2 Å². The smallest absolute Gasteiger partial charge is 0.344 e. The van der Waals surface area contributed by atoms with Gasteiger partial charge in [-0.3, -0.25) is 4.79 Å². The van der Waals surface area contributed by atoms with Crippen molar-refractivity contribution in [1.82, 2.24) is 0 Å². The zero-order valence-corrected chi connectivity index (χ0v) is 10.9. The molecule has 1 aromatic carbocycles. The largest absolute Gasteiger partial charge is 0.493 e. The van der Waals surface area contributed by atoms with Crippen LogP contribution in [0.5, 0.6) is 11.5 Å². The van der Waals surface area contributed by atoms with Gasteiger partial charge in [0.2, 0.25) is 0 Å². The lowest BCUT2D eigenvalue weighted by Crippen LogP contribution is -2.14. The first kappa shape index (κ1) is 14.8. The van der Waals surface area contributed by atoms with E-state index in [0.29, 0.717) is 24.4 Å². The maximum atomic E-state index is 11.2. The minimum Gasteiger partial charge on any atom is -0.493 e. The molecule has 0 atom stereocenters. The summed E-state index contributed by atoms with van der Waals surface area (Å²) in [6.45, 7) is 1.87. The van der Waals surface area contributed by atoms with E-state index in [1.165, 1.54) is 13.2 Å². The van der Waals surface area contributed by atoms with Crippen LogP contribution in [0.3, 0.4) is 0 Å². The third-order valence-corrected chi connectivity index (χ3v) is 2.21. The molecule has 0 aliphatic rings. The Labute approximate surface area is 111 Å². The minimum absolute atomic E-state index is 0.173. The third-order valence-electron chi connectivity index (χ3n) is 2.21. The van der Waals surface area contributed by atoms with Crippen LogP contribution in [0.1, 0.15) is 12.5 Å². The molecule has 102 valence electrons. The molecule has 0 aromatic heterocycles. The number of carbonyl (C=O) groups is 2. The molecule has 0 spiro atoms. The number of hydrogen-bond acceptors (Lipinski definition) is 5. The van der Waals surface area contributed by atoms with Gasteiger partial charge in [0.1, 0.15) is 6.29 Å². The lowest BCUT2D eigenvalue weighted by atomic mass is 10.2. The Kier molecular flexibility index (Phi) is 6.15. The first-order chi connectivity index (χ1) is 9.21. The van der Waals surface area contributed by atoms with Gasteiger partial charge in [0.15, 0.2) is 18.1 Å². The van der Waals surface area contributed by atoms with Crippen molar-refractivity contribution >= 4 is 18.3 Å². The Morgan fingerprint density at radius 1 is 1.32 bits per heavy atom. The molecule has 0 heterocycles. The summed E-state index contributed by atoms with van der Waals surface area (Å²) in [5.74, 6) is 0.491. The highest BCUT2D eigenvalue weighted by Crippen LogP contribution is 2.28. The standard InChI is InChI=1S/C14H16O5/c1-3-18-14(16)10-19-12-7-6-11(5-4-8-15)9-13(12)17-2/h4-9H,3,10H2,1-2H3/b5-4+. The van der Waals surface area contributed by atoms with Crippen molar-refractivity contribution in [1.29, 1.82) is 0 Å². The molecule has 0 N–H and O–H groups in total. The minimum atomic E-state index is -0.436. The van der Waals surface area contributed by atoms with E-state index in [4.69, 9.17) is 14.2 Å². The highest BCUT2D eigenvalue weighted by Gasteiger charge is 2.08. The van der Waals surface area contributed by atoms with Crippen LogP contribution in [0.2, 0.25) is 0 Å². The fourth-order valence-electron chi connectivity index (χ4n) is 1.40. The summed E-state index contributed by atoms with van der Waals surface area (Å²) >= 11 is 0. The van der Waals surface area contributed by atoms with Crippen LogP contribution in [0.25, 0.3) is 6.08 Å². The van der Waals surface area contributed by atoms with Crippen molar-refractivity contribution in [2.75, 3.05) is 20.3 Å². The highest BCUT2D eigenvalue weighted by molar-refractivity contribution is 5.74. The summed E-state index contributed by atoms with van der Waals surface area (Å²) < 4.78 is 15.2. The first-order valence-corrected chi connectivity index (χ1v) is 5.79. The molecular weight excluding hydrogens is 248 g/mol. The van der Waals surface area contributed by atoms with Gasteiger partial charge in [-0.1, -0.05) is 12.1 Å². The predicted octanol–water partition coefficient (Wildman–Crippen LogP) is 1.85. The molecule has 0 unspecified atom stereocenters. The second kappa shape index (κ2) is 7.92. The number of carbonyl (C=O) groups excluding carboxylic acids is 2. The summed E-state index contributed by atoms with van der Waals surface area (Å²) in [7, 11) is 1.50. The summed E-state index contributed by atoms with van der Waals surface area (Å²) in [5.41, 5.74) is 0.799. The molecule has 1 rings (SSSR count). The Balaban J connectivity index is 2.75. The molecule has 1 aromatic rings. The van der Waals surface area contributed by atoms with E-state index >= 15 is 0 Å². The van der Waals surface area contributed by atoms with Crippen LogP contribution in [0, 0.1) is 0 Å². The van der Waals surface area contributed by atoms with Crippen molar-refractivity contribution in [3.05, 3.63) is 29.8 Å². The molecule has 5 nitrogen and oxygen atoms in total. The number of allylic oxidation sites excluding steroid dienone is 1. The zero-order valence-electron chi connectivity index (χ0n) is 10.9. The predicted molar refractivity (Wildman–Crippen MR) is 70.2 cm³/mol. The van der Waals surface area contributed by atoms with Crippen molar-refractivity contribution in [3.8, 4) is 11.5 Å². The average Bonchev–Trinajstić information content (AvgIpc) is 2.43. The topological polar surface area (TPSA) is 61.8 Å². The van der Waals surface area contributed by atoms with Gasteiger partial charge in [-0.25, -0.2) is 4.79 Å². The van der Waals surface area contributed by atoms with Crippen LogP contribution in [0.4, 0.5) is 0 Å². The van der Waals surface area contributed by atoms with Crippen molar-refractivity contribution in [2.45, 2.75) is 6.92 Å². The van der Waals surface area contributed by atoms with Crippen molar-refractivity contribution < 1.29 is 23.8 Å². The van der Waals surface area contributed by atoms with Crippen molar-refractivity contribution in [2.24, 2.45) is 0 Å². The van der Waals surface area contributed by atoms with Crippen LogP contribution in [-0.4, -0.2) is 32.6 Å². The lowest BCUT2D eigenvalue weighted by molar-refractivity contribution is -0.145. The number of rotatable bonds is 7. The summed E-state index contributed by atoms with van der Waals surface area (Å²) in [6.07, 6.45) is 3.72. The summed E-state index contributed by atoms with van der Waals surface area (Å²) in [5, 5.41) is 0. The van der Waals surface area contributed by atoms with E-state index in [9.17, 15) is 9.59 Å². The van der Waals surface area contributed by atoms with E-state index in [1.54, 1.807) is 31.2 Å². The van der Waals surface area contributed by atoms with Gasteiger partial charge in [0.05, 0.1) is 13.7 Å². The SMILES string of the molecule is CCOC(=O)COc1ccc(/C=C/C=O)cc1OC. The quantitative estimate of drug-likeness (QED) is 0.427. The fourth-order valence-corrected chi connectivity index (χ4v) is 1.40. The molecule has 0 aliphatic heterocycles. The van der Waals surface area contributed by atoms with Crippen LogP contribution >= 0.6 is 0 Å². The molecule has 0 fully saturated rings. The van der Waals surface area contributed by atoms with Crippen LogP contribution in [-0.2, 0) is 14.3 Å². The normalized spacial score (nSPS) is 10.2. The maximum Gasteiger partial charge on any atom is 0.344 e. The molecular formula is C14H16O5. The Morgan fingerprint density at radius 2 is 2.11 bits per heavy atom.